The van der Waals surface area contributed by atoms with Crippen molar-refractivity contribution in [2.75, 3.05) is 5.32 Å². The average molecular weight is 475 g/mol. The summed E-state index contributed by atoms with van der Waals surface area (Å²) >= 11 is 2.14. The first kappa shape index (κ1) is 17.6. The number of nitrogens with one attached hydrogen (secondary N) is 2. The fourth-order valence-corrected chi connectivity index (χ4v) is 3.15. The van der Waals surface area contributed by atoms with Gasteiger partial charge in [0.25, 0.3) is 5.88 Å². The van der Waals surface area contributed by atoms with Gasteiger partial charge in [-0.2, -0.15) is 0 Å². The highest BCUT2D eigenvalue weighted by molar-refractivity contribution is 14.1. The molecule has 2 aromatic carbocycles. The number of rotatable bonds is 4. The number of aromatic amines is 1. The van der Waals surface area contributed by atoms with Crippen LogP contribution in [-0.2, 0) is 10.0 Å². The molecule has 0 saturated heterocycles. The van der Waals surface area contributed by atoms with Gasteiger partial charge in [0.05, 0.1) is 5.69 Å². The number of primary sulfonamides is 1. The molecule has 11 heteroatoms. The monoisotopic (exact) mass is 475 g/mol. The Kier molecular flexibility index (Phi) is 4.62. The maximum absolute atomic E-state index is 14.2. The van der Waals surface area contributed by atoms with Crippen molar-refractivity contribution in [2.45, 2.75) is 4.90 Å². The number of hydrogen-bond acceptors (Lipinski definition) is 6. The van der Waals surface area contributed by atoms with Crippen LogP contribution < -0.4 is 10.5 Å². The van der Waals surface area contributed by atoms with Crippen LogP contribution in [0, 0.1) is 9.39 Å². The zero-order chi connectivity index (χ0) is 18.2. The van der Waals surface area contributed by atoms with Crippen molar-refractivity contribution in [1.82, 2.24) is 15.4 Å². The molecule has 0 fully saturated rings. The SMILES string of the molecule is NS(=O)(=O)c1cc(-c2[nH]nnc2O)c(Nc2ccc(I)cc2)cc1F. The number of hydrogen-bond donors (Lipinski definition) is 4. The van der Waals surface area contributed by atoms with E-state index in [1.807, 2.05) is 12.1 Å². The Labute approximate surface area is 155 Å². The van der Waals surface area contributed by atoms with E-state index in [2.05, 4.69) is 43.3 Å². The van der Waals surface area contributed by atoms with Crippen LogP contribution in [0.5, 0.6) is 5.88 Å². The minimum absolute atomic E-state index is 0.0258. The quantitative estimate of drug-likeness (QED) is 0.428. The summed E-state index contributed by atoms with van der Waals surface area (Å²) < 4.78 is 38.4. The summed E-state index contributed by atoms with van der Waals surface area (Å²) in [7, 11) is -4.30. The summed E-state index contributed by atoms with van der Waals surface area (Å²) in [6.45, 7) is 0. The summed E-state index contributed by atoms with van der Waals surface area (Å²) in [5.74, 6) is -1.48. The minimum Gasteiger partial charge on any atom is -0.491 e. The lowest BCUT2D eigenvalue weighted by Gasteiger charge is -2.13. The lowest BCUT2D eigenvalue weighted by atomic mass is 10.1. The smallest absolute Gasteiger partial charge is 0.258 e. The third-order valence-corrected chi connectivity index (χ3v) is 4.95. The molecule has 1 heterocycles. The molecular formula is C14H11FIN5O3S. The minimum atomic E-state index is -4.30. The number of nitrogens with zero attached hydrogens (tertiary/aromatic N) is 2. The van der Waals surface area contributed by atoms with Gasteiger partial charge in [0.1, 0.15) is 16.4 Å². The van der Waals surface area contributed by atoms with Gasteiger partial charge >= 0.3 is 0 Å². The maximum atomic E-state index is 14.2. The van der Waals surface area contributed by atoms with Gasteiger partial charge < -0.3 is 10.4 Å². The molecular weight excluding hydrogens is 464 g/mol. The largest absolute Gasteiger partial charge is 0.491 e. The fourth-order valence-electron chi connectivity index (χ4n) is 2.17. The maximum Gasteiger partial charge on any atom is 0.258 e. The van der Waals surface area contributed by atoms with Crippen molar-refractivity contribution in [3.63, 3.8) is 0 Å². The Morgan fingerprint density at radius 2 is 1.92 bits per heavy atom. The fraction of sp³-hybridized carbons (Fsp3) is 0. The predicted octanol–water partition coefficient (Wildman–Crippen LogP) is 2.31. The van der Waals surface area contributed by atoms with Crippen molar-refractivity contribution in [3.05, 3.63) is 45.8 Å². The van der Waals surface area contributed by atoms with Gasteiger partial charge in [-0.3, -0.25) is 5.10 Å². The van der Waals surface area contributed by atoms with E-state index >= 15 is 0 Å². The van der Waals surface area contributed by atoms with Crippen LogP contribution in [0.25, 0.3) is 11.3 Å². The molecule has 3 rings (SSSR count). The van der Waals surface area contributed by atoms with E-state index in [0.717, 1.165) is 15.7 Å². The molecule has 0 aliphatic heterocycles. The summed E-state index contributed by atoms with van der Waals surface area (Å²) in [5, 5.41) is 27.1. The molecule has 0 radical (unpaired) electrons. The molecule has 0 atom stereocenters. The number of aromatic hydroxyl groups is 1. The second-order valence-electron chi connectivity index (χ2n) is 5.02. The highest BCUT2D eigenvalue weighted by Crippen LogP contribution is 2.36. The molecule has 25 heavy (non-hydrogen) atoms. The zero-order valence-corrected chi connectivity index (χ0v) is 15.3. The first-order valence-electron chi connectivity index (χ1n) is 6.75. The Hall–Kier alpha value is -2.25. The van der Waals surface area contributed by atoms with E-state index in [1.165, 1.54) is 0 Å². The number of sulfonamides is 1. The Morgan fingerprint density at radius 3 is 2.48 bits per heavy atom. The molecule has 0 bridgehead atoms. The Balaban J connectivity index is 2.18. The van der Waals surface area contributed by atoms with Gasteiger partial charge in [0.15, 0.2) is 0 Å². The number of aromatic nitrogens is 3. The van der Waals surface area contributed by atoms with Gasteiger partial charge in [-0.1, -0.05) is 10.3 Å². The molecule has 0 amide bonds. The standard InChI is InChI=1S/C14H11FIN5O3S/c15-10-6-11(18-8-3-1-7(16)2-4-8)9(5-12(10)25(17,23)24)13-14(22)20-21-19-13/h1-6,18H,(H2,17,23,24)(H2,19,20,21,22). The molecule has 130 valence electrons. The van der Waals surface area contributed by atoms with E-state index in [4.69, 9.17) is 5.14 Å². The highest BCUT2D eigenvalue weighted by Gasteiger charge is 2.22. The topological polar surface area (TPSA) is 134 Å². The molecule has 0 spiro atoms. The first-order chi connectivity index (χ1) is 11.8. The Morgan fingerprint density at radius 1 is 1.24 bits per heavy atom. The van der Waals surface area contributed by atoms with Crippen LogP contribution >= 0.6 is 22.6 Å². The van der Waals surface area contributed by atoms with Gasteiger partial charge in [-0.25, -0.2) is 17.9 Å². The molecule has 0 saturated carbocycles. The van der Waals surface area contributed by atoms with Crippen molar-refractivity contribution < 1.29 is 17.9 Å². The molecule has 5 N–H and O–H groups in total. The van der Waals surface area contributed by atoms with E-state index < -0.39 is 26.6 Å². The Bertz CT molecular complexity index is 1040. The summed E-state index contributed by atoms with van der Waals surface area (Å²) in [5.41, 5.74) is 1.01. The number of benzene rings is 2. The van der Waals surface area contributed by atoms with Crippen molar-refractivity contribution >= 4 is 44.0 Å². The normalized spacial score (nSPS) is 11.5. The molecule has 0 aliphatic carbocycles. The van der Waals surface area contributed by atoms with Crippen LogP contribution in [-0.4, -0.2) is 28.9 Å². The first-order valence-corrected chi connectivity index (χ1v) is 9.37. The molecule has 8 nitrogen and oxygen atoms in total. The highest BCUT2D eigenvalue weighted by atomic mass is 127. The summed E-state index contributed by atoms with van der Waals surface area (Å²) in [4.78, 5) is -0.704. The van der Waals surface area contributed by atoms with Crippen LogP contribution in [0.3, 0.4) is 0 Å². The third kappa shape index (κ3) is 3.72. The molecule has 1 aromatic heterocycles. The van der Waals surface area contributed by atoms with Crippen LogP contribution in [0.1, 0.15) is 0 Å². The van der Waals surface area contributed by atoms with Gasteiger partial charge in [-0.15, -0.1) is 0 Å². The van der Waals surface area contributed by atoms with Gasteiger partial charge in [0.2, 0.25) is 10.0 Å². The van der Waals surface area contributed by atoms with Crippen molar-refractivity contribution in [3.8, 4) is 17.1 Å². The molecule has 3 aromatic rings. The van der Waals surface area contributed by atoms with E-state index in [-0.39, 0.29) is 16.9 Å². The molecule has 0 aliphatic rings. The van der Waals surface area contributed by atoms with Gasteiger partial charge in [0, 0.05) is 14.8 Å². The number of H-pyrrole nitrogens is 1. The van der Waals surface area contributed by atoms with E-state index in [9.17, 15) is 17.9 Å². The summed E-state index contributed by atoms with van der Waals surface area (Å²) in [6.07, 6.45) is 0. The summed E-state index contributed by atoms with van der Waals surface area (Å²) in [6, 6.07) is 9.20. The van der Waals surface area contributed by atoms with Gasteiger partial charge in [-0.05, 0) is 59.0 Å². The number of halogens is 2. The van der Waals surface area contributed by atoms with Crippen molar-refractivity contribution in [1.29, 1.82) is 0 Å². The number of anilines is 2. The van der Waals surface area contributed by atoms with Crippen LogP contribution in [0.4, 0.5) is 15.8 Å². The van der Waals surface area contributed by atoms with Crippen LogP contribution in [0.15, 0.2) is 41.3 Å². The van der Waals surface area contributed by atoms with E-state index in [0.29, 0.717) is 5.69 Å². The number of nitrogens with two attached hydrogens (primary N) is 1. The van der Waals surface area contributed by atoms with Crippen molar-refractivity contribution in [2.24, 2.45) is 5.14 Å². The predicted molar refractivity (Wildman–Crippen MR) is 97.3 cm³/mol. The average Bonchev–Trinajstić information content (AvgIpc) is 2.94. The molecule has 0 unspecified atom stereocenters. The zero-order valence-electron chi connectivity index (χ0n) is 12.4. The van der Waals surface area contributed by atoms with E-state index in [1.54, 1.807) is 12.1 Å². The van der Waals surface area contributed by atoms with Crippen LogP contribution in [0.2, 0.25) is 0 Å². The second kappa shape index (κ2) is 6.57. The lowest BCUT2D eigenvalue weighted by Crippen LogP contribution is -2.14. The second-order valence-corrected chi connectivity index (χ2v) is 7.79. The lowest BCUT2D eigenvalue weighted by molar-refractivity contribution is 0.453. The third-order valence-electron chi connectivity index (χ3n) is 3.30.